The highest BCUT2D eigenvalue weighted by atomic mass is 16.5. The molecule has 0 saturated carbocycles. The molecular formula is C16H23NO3. The van der Waals surface area contributed by atoms with Crippen LogP contribution in [0.3, 0.4) is 0 Å². The van der Waals surface area contributed by atoms with Crippen molar-refractivity contribution < 1.29 is 14.3 Å². The van der Waals surface area contributed by atoms with Crippen LogP contribution in [0.4, 0.5) is 0 Å². The SMILES string of the molecule is CCOC(=O)C1CCCCN1C(OC)c1ccccc1. The van der Waals surface area contributed by atoms with Crippen molar-refractivity contribution in [1.82, 2.24) is 4.90 Å². The number of benzene rings is 1. The summed E-state index contributed by atoms with van der Waals surface area (Å²) in [5, 5.41) is 0. The van der Waals surface area contributed by atoms with Crippen LogP contribution in [0.5, 0.6) is 0 Å². The smallest absolute Gasteiger partial charge is 0.323 e. The number of piperidine rings is 1. The van der Waals surface area contributed by atoms with Crippen LogP contribution in [-0.4, -0.2) is 37.2 Å². The van der Waals surface area contributed by atoms with Crippen molar-refractivity contribution >= 4 is 5.97 Å². The molecule has 0 amide bonds. The molecule has 1 heterocycles. The number of esters is 1. The Morgan fingerprint density at radius 1 is 1.35 bits per heavy atom. The first kappa shape index (κ1) is 15.0. The largest absolute Gasteiger partial charge is 0.465 e. The Bertz CT molecular complexity index is 421. The van der Waals surface area contributed by atoms with Gasteiger partial charge in [-0.15, -0.1) is 0 Å². The summed E-state index contributed by atoms with van der Waals surface area (Å²) in [5.74, 6) is -0.134. The normalized spacial score (nSPS) is 21.4. The summed E-state index contributed by atoms with van der Waals surface area (Å²) in [7, 11) is 1.69. The van der Waals surface area contributed by atoms with Crippen molar-refractivity contribution in [2.45, 2.75) is 38.5 Å². The number of rotatable bonds is 5. The van der Waals surface area contributed by atoms with Crippen LogP contribution in [0.25, 0.3) is 0 Å². The van der Waals surface area contributed by atoms with Crippen LogP contribution in [0.15, 0.2) is 30.3 Å². The van der Waals surface area contributed by atoms with E-state index in [0.717, 1.165) is 31.4 Å². The van der Waals surface area contributed by atoms with E-state index in [9.17, 15) is 4.79 Å². The van der Waals surface area contributed by atoms with Crippen molar-refractivity contribution in [1.29, 1.82) is 0 Å². The Morgan fingerprint density at radius 3 is 2.75 bits per heavy atom. The van der Waals surface area contributed by atoms with E-state index in [1.54, 1.807) is 7.11 Å². The molecule has 0 spiro atoms. The number of carbonyl (C=O) groups excluding carboxylic acids is 1. The van der Waals surface area contributed by atoms with E-state index in [2.05, 4.69) is 4.90 Å². The van der Waals surface area contributed by atoms with Crippen LogP contribution in [0.2, 0.25) is 0 Å². The second-order valence-corrected chi connectivity index (χ2v) is 5.00. The molecule has 110 valence electrons. The summed E-state index contributed by atoms with van der Waals surface area (Å²) in [6.07, 6.45) is 2.80. The Morgan fingerprint density at radius 2 is 2.10 bits per heavy atom. The molecule has 1 saturated heterocycles. The number of hydrogen-bond acceptors (Lipinski definition) is 4. The highest BCUT2D eigenvalue weighted by molar-refractivity contribution is 5.76. The Balaban J connectivity index is 2.19. The molecule has 1 aromatic carbocycles. The topological polar surface area (TPSA) is 38.8 Å². The number of ether oxygens (including phenoxy) is 2. The standard InChI is InChI=1S/C16H23NO3/c1-3-20-16(18)14-11-7-8-12-17(14)15(19-2)13-9-5-4-6-10-13/h4-6,9-10,14-15H,3,7-8,11-12H2,1-2H3. The van der Waals surface area contributed by atoms with Crippen molar-refractivity contribution in [2.24, 2.45) is 0 Å². The third-order valence-corrected chi connectivity index (χ3v) is 3.71. The fraction of sp³-hybridized carbons (Fsp3) is 0.562. The van der Waals surface area contributed by atoms with Gasteiger partial charge in [0.2, 0.25) is 0 Å². The van der Waals surface area contributed by atoms with Gasteiger partial charge in [-0.3, -0.25) is 9.69 Å². The Kier molecular flexibility index (Phi) is 5.56. The van der Waals surface area contributed by atoms with Gasteiger partial charge in [-0.25, -0.2) is 0 Å². The van der Waals surface area contributed by atoms with Crippen molar-refractivity contribution in [3.05, 3.63) is 35.9 Å². The van der Waals surface area contributed by atoms with Gasteiger partial charge in [0.1, 0.15) is 12.3 Å². The van der Waals surface area contributed by atoms with E-state index >= 15 is 0 Å². The minimum atomic E-state index is -0.200. The molecule has 0 aliphatic carbocycles. The number of nitrogens with zero attached hydrogens (tertiary/aromatic N) is 1. The summed E-state index contributed by atoms with van der Waals surface area (Å²) in [6.45, 7) is 3.12. The summed E-state index contributed by atoms with van der Waals surface area (Å²) in [5.41, 5.74) is 1.08. The summed E-state index contributed by atoms with van der Waals surface area (Å²) in [4.78, 5) is 14.3. The summed E-state index contributed by atoms with van der Waals surface area (Å²) >= 11 is 0. The van der Waals surface area contributed by atoms with Crippen LogP contribution in [0.1, 0.15) is 38.0 Å². The molecule has 4 heteroatoms. The molecule has 0 N–H and O–H groups in total. The Hall–Kier alpha value is -1.39. The number of methoxy groups -OCH3 is 1. The predicted molar refractivity (Wildman–Crippen MR) is 77.2 cm³/mol. The lowest BCUT2D eigenvalue weighted by atomic mass is 10.00. The van der Waals surface area contributed by atoms with Crippen molar-refractivity contribution in [3.63, 3.8) is 0 Å². The number of hydrogen-bond donors (Lipinski definition) is 0. The molecule has 1 aromatic rings. The molecular weight excluding hydrogens is 254 g/mol. The third-order valence-electron chi connectivity index (χ3n) is 3.71. The van der Waals surface area contributed by atoms with E-state index in [1.807, 2.05) is 37.3 Å². The van der Waals surface area contributed by atoms with Gasteiger partial charge >= 0.3 is 5.97 Å². The average Bonchev–Trinajstić information content (AvgIpc) is 2.50. The monoisotopic (exact) mass is 277 g/mol. The molecule has 4 nitrogen and oxygen atoms in total. The molecule has 0 bridgehead atoms. The van der Waals surface area contributed by atoms with E-state index in [4.69, 9.17) is 9.47 Å². The van der Waals surface area contributed by atoms with Crippen LogP contribution < -0.4 is 0 Å². The van der Waals surface area contributed by atoms with Gasteiger partial charge < -0.3 is 9.47 Å². The van der Waals surface area contributed by atoms with Crippen LogP contribution in [0, 0.1) is 0 Å². The lowest BCUT2D eigenvalue weighted by Crippen LogP contribution is -2.47. The van der Waals surface area contributed by atoms with Gasteiger partial charge in [0.25, 0.3) is 0 Å². The van der Waals surface area contributed by atoms with Gasteiger partial charge in [0, 0.05) is 13.7 Å². The van der Waals surface area contributed by atoms with E-state index in [1.165, 1.54) is 0 Å². The van der Waals surface area contributed by atoms with Gasteiger partial charge in [0.05, 0.1) is 6.61 Å². The van der Waals surface area contributed by atoms with Crippen molar-refractivity contribution in [3.8, 4) is 0 Å². The summed E-state index contributed by atoms with van der Waals surface area (Å²) in [6, 6.07) is 9.83. The second-order valence-electron chi connectivity index (χ2n) is 5.00. The van der Waals surface area contributed by atoms with Gasteiger partial charge in [-0.2, -0.15) is 0 Å². The predicted octanol–water partition coefficient (Wildman–Crippen LogP) is 2.75. The maximum absolute atomic E-state index is 12.1. The Labute approximate surface area is 120 Å². The fourth-order valence-electron chi connectivity index (χ4n) is 2.81. The second kappa shape index (κ2) is 7.41. The van der Waals surface area contributed by atoms with E-state index in [0.29, 0.717) is 6.61 Å². The molecule has 2 atom stereocenters. The average molecular weight is 277 g/mol. The minimum Gasteiger partial charge on any atom is -0.465 e. The molecule has 0 aromatic heterocycles. The quantitative estimate of drug-likeness (QED) is 0.776. The van der Waals surface area contributed by atoms with Crippen LogP contribution in [-0.2, 0) is 14.3 Å². The van der Waals surface area contributed by atoms with Gasteiger partial charge in [-0.05, 0) is 25.3 Å². The molecule has 2 rings (SSSR count). The lowest BCUT2D eigenvalue weighted by molar-refractivity contribution is -0.159. The zero-order valence-corrected chi connectivity index (χ0v) is 12.2. The van der Waals surface area contributed by atoms with Crippen LogP contribution >= 0.6 is 0 Å². The maximum atomic E-state index is 12.1. The minimum absolute atomic E-state index is 0.134. The summed E-state index contributed by atoms with van der Waals surface area (Å²) < 4.78 is 10.9. The number of likely N-dealkylation sites (tertiary alicyclic amines) is 1. The molecule has 1 aliphatic heterocycles. The third kappa shape index (κ3) is 3.38. The van der Waals surface area contributed by atoms with E-state index in [-0.39, 0.29) is 18.2 Å². The highest BCUT2D eigenvalue weighted by Crippen LogP contribution is 2.29. The van der Waals surface area contributed by atoms with Gasteiger partial charge in [-0.1, -0.05) is 36.8 Å². The van der Waals surface area contributed by atoms with Gasteiger partial charge in [0.15, 0.2) is 0 Å². The molecule has 0 radical (unpaired) electrons. The fourth-order valence-corrected chi connectivity index (χ4v) is 2.81. The first-order chi connectivity index (χ1) is 9.77. The van der Waals surface area contributed by atoms with Crippen molar-refractivity contribution in [2.75, 3.05) is 20.3 Å². The molecule has 1 aliphatic rings. The molecule has 1 fully saturated rings. The zero-order valence-electron chi connectivity index (χ0n) is 12.2. The highest BCUT2D eigenvalue weighted by Gasteiger charge is 2.35. The first-order valence-electron chi connectivity index (χ1n) is 7.28. The lowest BCUT2D eigenvalue weighted by Gasteiger charge is -2.39. The number of carbonyl (C=O) groups is 1. The maximum Gasteiger partial charge on any atom is 0.323 e. The first-order valence-corrected chi connectivity index (χ1v) is 7.28. The molecule has 2 unspecified atom stereocenters. The molecule has 20 heavy (non-hydrogen) atoms. The van der Waals surface area contributed by atoms with E-state index < -0.39 is 0 Å². The zero-order chi connectivity index (χ0) is 14.4.